The summed E-state index contributed by atoms with van der Waals surface area (Å²) in [7, 11) is 1.49. The van der Waals surface area contributed by atoms with Gasteiger partial charge in [-0.3, -0.25) is 9.59 Å². The molecule has 3 rings (SSSR count). The van der Waals surface area contributed by atoms with Gasteiger partial charge in [0.05, 0.1) is 23.4 Å². The summed E-state index contributed by atoms with van der Waals surface area (Å²) in [6, 6.07) is 11.9. The molecule has 144 valence electrons. The summed E-state index contributed by atoms with van der Waals surface area (Å²) in [6.45, 7) is 0.390. The Hall–Kier alpha value is -3.16. The number of aliphatic hydroxyl groups is 1. The van der Waals surface area contributed by atoms with E-state index in [-0.39, 0.29) is 30.0 Å². The lowest BCUT2D eigenvalue weighted by molar-refractivity contribution is -0.121. The number of ether oxygens (including phenoxy) is 2. The number of anilines is 1. The number of aliphatic hydroxyl groups excluding tert-OH is 1. The van der Waals surface area contributed by atoms with Crippen molar-refractivity contribution in [3.8, 4) is 0 Å². The number of imide groups is 1. The molecular formula is C20H16ClNO6. The third kappa shape index (κ3) is 3.76. The lowest BCUT2D eigenvalue weighted by atomic mass is 10.1. The van der Waals surface area contributed by atoms with Crippen molar-refractivity contribution >= 4 is 40.6 Å². The summed E-state index contributed by atoms with van der Waals surface area (Å²) in [4.78, 5) is 37.9. The van der Waals surface area contributed by atoms with Crippen LogP contribution in [0.4, 0.5) is 5.69 Å². The summed E-state index contributed by atoms with van der Waals surface area (Å²) in [5.41, 5.74) is 0.749. The van der Waals surface area contributed by atoms with Crippen molar-refractivity contribution in [3.63, 3.8) is 0 Å². The van der Waals surface area contributed by atoms with Gasteiger partial charge in [-0.25, -0.2) is 9.69 Å². The Kier molecular flexibility index (Phi) is 5.77. The van der Waals surface area contributed by atoms with Crippen LogP contribution in [0.5, 0.6) is 0 Å². The highest BCUT2D eigenvalue weighted by atomic mass is 35.5. The number of benzene rings is 2. The zero-order valence-electron chi connectivity index (χ0n) is 14.8. The molecule has 1 N–H and O–H groups in total. The number of rotatable bonds is 6. The van der Waals surface area contributed by atoms with E-state index in [9.17, 15) is 19.5 Å². The van der Waals surface area contributed by atoms with Gasteiger partial charge < -0.3 is 14.6 Å². The average molecular weight is 402 g/mol. The van der Waals surface area contributed by atoms with E-state index in [0.717, 1.165) is 4.90 Å². The zero-order chi connectivity index (χ0) is 20.3. The van der Waals surface area contributed by atoms with E-state index in [4.69, 9.17) is 21.1 Å². The van der Waals surface area contributed by atoms with Crippen molar-refractivity contribution in [2.24, 2.45) is 0 Å². The molecule has 2 aromatic carbocycles. The first-order valence-electron chi connectivity index (χ1n) is 8.28. The molecule has 28 heavy (non-hydrogen) atoms. The van der Waals surface area contributed by atoms with Crippen LogP contribution in [-0.2, 0) is 19.1 Å². The van der Waals surface area contributed by atoms with Crippen molar-refractivity contribution in [3.05, 3.63) is 70.4 Å². The molecule has 0 aromatic heterocycles. The molecule has 0 aliphatic carbocycles. The maximum absolute atomic E-state index is 12.8. The molecule has 0 spiro atoms. The molecule has 0 fully saturated rings. The molecule has 1 aliphatic heterocycles. The van der Waals surface area contributed by atoms with Crippen LogP contribution in [0.2, 0.25) is 5.02 Å². The topological polar surface area (TPSA) is 93.1 Å². The van der Waals surface area contributed by atoms with Gasteiger partial charge in [0.1, 0.15) is 6.61 Å². The van der Waals surface area contributed by atoms with Gasteiger partial charge in [0.2, 0.25) is 0 Å². The van der Waals surface area contributed by atoms with Crippen LogP contribution in [0.3, 0.4) is 0 Å². The molecule has 0 unspecified atom stereocenters. The first-order chi connectivity index (χ1) is 13.4. The Morgan fingerprint density at radius 1 is 1.00 bits per heavy atom. The average Bonchev–Trinajstić information content (AvgIpc) is 2.92. The molecule has 2 amide bonds. The molecule has 0 atom stereocenters. The first-order valence-corrected chi connectivity index (χ1v) is 8.66. The van der Waals surface area contributed by atoms with Crippen molar-refractivity contribution in [2.75, 3.05) is 25.2 Å². The van der Waals surface area contributed by atoms with E-state index in [0.29, 0.717) is 10.6 Å². The van der Waals surface area contributed by atoms with Crippen LogP contribution < -0.4 is 4.90 Å². The SMILES string of the molecule is COCCOC(=O)c1ccc(N2C(=O)C(O)=C(c3ccc(Cl)cc3)C2=O)cc1. The van der Waals surface area contributed by atoms with E-state index in [1.54, 1.807) is 24.3 Å². The molecule has 1 heterocycles. The molecule has 7 nitrogen and oxygen atoms in total. The highest BCUT2D eigenvalue weighted by Gasteiger charge is 2.40. The molecular weight excluding hydrogens is 386 g/mol. The minimum Gasteiger partial charge on any atom is -0.502 e. The van der Waals surface area contributed by atoms with E-state index < -0.39 is 23.5 Å². The van der Waals surface area contributed by atoms with Gasteiger partial charge in [-0.2, -0.15) is 0 Å². The number of methoxy groups -OCH3 is 1. The second-order valence-electron chi connectivity index (χ2n) is 5.85. The second-order valence-corrected chi connectivity index (χ2v) is 6.29. The van der Waals surface area contributed by atoms with Gasteiger partial charge in [-0.15, -0.1) is 0 Å². The summed E-state index contributed by atoms with van der Waals surface area (Å²) >= 11 is 5.84. The van der Waals surface area contributed by atoms with Crippen LogP contribution >= 0.6 is 11.6 Å². The molecule has 2 aromatic rings. The Labute approximate surface area is 165 Å². The first kappa shape index (κ1) is 19.6. The molecule has 0 saturated heterocycles. The van der Waals surface area contributed by atoms with E-state index in [1.165, 1.54) is 31.4 Å². The normalized spacial score (nSPS) is 14.0. The minimum absolute atomic E-state index is 0.107. The number of hydrogen-bond acceptors (Lipinski definition) is 6. The van der Waals surface area contributed by atoms with Crippen LogP contribution in [0.15, 0.2) is 54.3 Å². The van der Waals surface area contributed by atoms with E-state index in [1.807, 2.05) is 0 Å². The second kappa shape index (κ2) is 8.24. The number of amides is 2. The number of hydrogen-bond donors (Lipinski definition) is 1. The number of carbonyl (C=O) groups excluding carboxylic acids is 3. The third-order valence-corrected chi connectivity index (χ3v) is 4.33. The smallest absolute Gasteiger partial charge is 0.338 e. The van der Waals surface area contributed by atoms with Crippen LogP contribution in [0.1, 0.15) is 15.9 Å². The van der Waals surface area contributed by atoms with Crippen LogP contribution in [0.25, 0.3) is 5.57 Å². The Morgan fingerprint density at radius 2 is 1.64 bits per heavy atom. The summed E-state index contributed by atoms with van der Waals surface area (Å²) < 4.78 is 9.81. The fourth-order valence-electron chi connectivity index (χ4n) is 2.68. The Morgan fingerprint density at radius 3 is 2.25 bits per heavy atom. The monoisotopic (exact) mass is 401 g/mol. The van der Waals surface area contributed by atoms with Crippen molar-refractivity contribution in [1.29, 1.82) is 0 Å². The maximum atomic E-state index is 12.8. The van der Waals surface area contributed by atoms with Crippen LogP contribution in [-0.4, -0.2) is 43.2 Å². The van der Waals surface area contributed by atoms with E-state index in [2.05, 4.69) is 0 Å². The predicted octanol–water partition coefficient (Wildman–Crippen LogP) is 2.99. The number of carbonyl (C=O) groups is 3. The highest BCUT2D eigenvalue weighted by molar-refractivity contribution is 6.45. The Bertz CT molecular complexity index is 950. The fraction of sp³-hybridized carbons (Fsp3) is 0.150. The zero-order valence-corrected chi connectivity index (χ0v) is 15.6. The summed E-state index contributed by atoms with van der Waals surface area (Å²) in [5.74, 6) is -2.70. The largest absolute Gasteiger partial charge is 0.502 e. The lowest BCUT2D eigenvalue weighted by Gasteiger charge is -2.15. The quantitative estimate of drug-likeness (QED) is 0.454. The molecule has 0 radical (unpaired) electrons. The standard InChI is InChI=1S/C20H16ClNO6/c1-27-10-11-28-20(26)13-4-8-15(9-5-13)22-18(24)16(17(23)19(22)25)12-2-6-14(21)7-3-12/h2-9,23H,10-11H2,1H3. The van der Waals surface area contributed by atoms with Crippen LogP contribution in [0, 0.1) is 0 Å². The van der Waals surface area contributed by atoms with Gasteiger partial charge in [-0.05, 0) is 42.0 Å². The molecule has 0 saturated carbocycles. The van der Waals surface area contributed by atoms with Crippen molar-refractivity contribution in [1.82, 2.24) is 0 Å². The lowest BCUT2D eigenvalue weighted by Crippen LogP contribution is -2.31. The van der Waals surface area contributed by atoms with Gasteiger partial charge in [0.25, 0.3) is 5.91 Å². The van der Waals surface area contributed by atoms with Gasteiger partial charge in [-0.1, -0.05) is 23.7 Å². The summed E-state index contributed by atoms with van der Waals surface area (Å²) in [5, 5.41) is 10.7. The van der Waals surface area contributed by atoms with Gasteiger partial charge >= 0.3 is 11.9 Å². The molecule has 1 aliphatic rings. The van der Waals surface area contributed by atoms with Crippen molar-refractivity contribution < 1.29 is 29.0 Å². The van der Waals surface area contributed by atoms with Gasteiger partial charge in [0, 0.05) is 12.1 Å². The minimum atomic E-state index is -0.842. The molecule has 0 bridgehead atoms. The maximum Gasteiger partial charge on any atom is 0.338 e. The number of nitrogens with zero attached hydrogens (tertiary/aromatic N) is 1. The van der Waals surface area contributed by atoms with Crippen molar-refractivity contribution in [2.45, 2.75) is 0 Å². The van der Waals surface area contributed by atoms with Gasteiger partial charge in [0.15, 0.2) is 5.76 Å². The predicted molar refractivity (Wildman–Crippen MR) is 102 cm³/mol. The highest BCUT2D eigenvalue weighted by Crippen LogP contribution is 2.32. The molecule has 8 heteroatoms. The Balaban J connectivity index is 1.81. The number of halogens is 1. The third-order valence-electron chi connectivity index (χ3n) is 4.07. The summed E-state index contributed by atoms with van der Waals surface area (Å²) in [6.07, 6.45) is 0. The van der Waals surface area contributed by atoms with E-state index >= 15 is 0 Å². The number of esters is 1. The fourth-order valence-corrected chi connectivity index (χ4v) is 2.80.